The molecule has 0 aromatic rings. The van der Waals surface area contributed by atoms with E-state index in [2.05, 4.69) is 10.0 Å². The Hall–Kier alpha value is -0.130. The molecule has 0 spiro atoms. The Morgan fingerprint density at radius 2 is 2.08 bits per heavy atom. The van der Waals surface area contributed by atoms with E-state index in [9.17, 15) is 8.42 Å². The first kappa shape index (κ1) is 9.43. The lowest BCUT2D eigenvalue weighted by molar-refractivity contribution is 0.551. The van der Waals surface area contributed by atoms with Crippen LogP contribution in [0.3, 0.4) is 0 Å². The fraction of sp³-hybridized carbons (Fsp3) is 1.00. The van der Waals surface area contributed by atoms with Gasteiger partial charge >= 0.3 is 0 Å². The van der Waals surface area contributed by atoms with Crippen molar-refractivity contribution in [2.45, 2.75) is 37.0 Å². The Labute approximate surface area is 79.1 Å². The maximum Gasteiger partial charge on any atom is 0.214 e. The quantitative estimate of drug-likeness (QED) is 0.668. The molecule has 0 aromatic heterocycles. The Kier molecular flexibility index (Phi) is 2.58. The zero-order valence-electron chi connectivity index (χ0n) is 7.62. The molecule has 1 aliphatic carbocycles. The molecular formula is C8H16N2O2S. The van der Waals surface area contributed by atoms with Crippen LogP contribution in [0.5, 0.6) is 0 Å². The summed E-state index contributed by atoms with van der Waals surface area (Å²) in [6.45, 7) is 1.59. The molecule has 1 saturated carbocycles. The van der Waals surface area contributed by atoms with Gasteiger partial charge in [0.15, 0.2) is 0 Å². The molecule has 4 nitrogen and oxygen atoms in total. The lowest BCUT2D eigenvalue weighted by Gasteiger charge is -2.11. The second kappa shape index (κ2) is 3.55. The van der Waals surface area contributed by atoms with Crippen molar-refractivity contribution in [2.24, 2.45) is 0 Å². The highest BCUT2D eigenvalue weighted by atomic mass is 32.2. The van der Waals surface area contributed by atoms with Gasteiger partial charge in [0.2, 0.25) is 10.0 Å². The molecule has 76 valence electrons. The Balaban J connectivity index is 1.77. The van der Waals surface area contributed by atoms with Gasteiger partial charge in [0.25, 0.3) is 0 Å². The molecule has 1 aliphatic heterocycles. The van der Waals surface area contributed by atoms with E-state index in [1.165, 1.54) is 0 Å². The second-order valence-electron chi connectivity index (χ2n) is 3.89. The fourth-order valence-corrected chi connectivity index (χ4v) is 3.07. The van der Waals surface area contributed by atoms with Crippen LogP contribution in [-0.4, -0.2) is 32.8 Å². The topological polar surface area (TPSA) is 58.2 Å². The standard InChI is InChI=1S/C8H16N2O2S/c11-13(12,8-3-4-8)10-6-7-2-1-5-9-7/h7-10H,1-6H2. The number of sulfonamides is 1. The minimum absolute atomic E-state index is 0.0890. The summed E-state index contributed by atoms with van der Waals surface area (Å²) in [6.07, 6.45) is 3.93. The van der Waals surface area contributed by atoms with E-state index in [1.807, 2.05) is 0 Å². The molecule has 1 atom stereocenters. The van der Waals surface area contributed by atoms with E-state index in [0.717, 1.165) is 32.2 Å². The van der Waals surface area contributed by atoms with Gasteiger partial charge in [-0.25, -0.2) is 13.1 Å². The van der Waals surface area contributed by atoms with Crippen molar-refractivity contribution in [3.8, 4) is 0 Å². The van der Waals surface area contributed by atoms with Crippen LogP contribution in [0, 0.1) is 0 Å². The van der Waals surface area contributed by atoms with E-state index < -0.39 is 10.0 Å². The van der Waals surface area contributed by atoms with Crippen molar-refractivity contribution >= 4 is 10.0 Å². The third-order valence-corrected chi connectivity index (χ3v) is 4.57. The van der Waals surface area contributed by atoms with Crippen LogP contribution in [0.15, 0.2) is 0 Å². The third-order valence-electron chi connectivity index (χ3n) is 2.66. The van der Waals surface area contributed by atoms with Gasteiger partial charge in [-0.1, -0.05) is 0 Å². The summed E-state index contributed by atoms with van der Waals surface area (Å²) in [4.78, 5) is 0. The largest absolute Gasteiger partial charge is 0.313 e. The van der Waals surface area contributed by atoms with Gasteiger partial charge in [0, 0.05) is 12.6 Å². The summed E-state index contributed by atoms with van der Waals surface area (Å²) < 4.78 is 25.5. The third kappa shape index (κ3) is 2.42. The molecular weight excluding hydrogens is 188 g/mol. The summed E-state index contributed by atoms with van der Waals surface area (Å²) >= 11 is 0. The summed E-state index contributed by atoms with van der Waals surface area (Å²) in [7, 11) is -2.96. The fourth-order valence-electron chi connectivity index (χ4n) is 1.64. The number of hydrogen-bond donors (Lipinski definition) is 2. The van der Waals surface area contributed by atoms with E-state index >= 15 is 0 Å². The van der Waals surface area contributed by atoms with Crippen molar-refractivity contribution in [2.75, 3.05) is 13.1 Å². The summed E-state index contributed by atoms with van der Waals surface area (Å²) in [5, 5.41) is 3.17. The van der Waals surface area contributed by atoms with Gasteiger partial charge in [0.05, 0.1) is 5.25 Å². The lowest BCUT2D eigenvalue weighted by atomic mass is 10.2. The highest BCUT2D eigenvalue weighted by Crippen LogP contribution is 2.27. The van der Waals surface area contributed by atoms with Crippen molar-refractivity contribution in [3.63, 3.8) is 0 Å². The highest BCUT2D eigenvalue weighted by molar-refractivity contribution is 7.90. The van der Waals surface area contributed by atoms with Crippen LogP contribution >= 0.6 is 0 Å². The average Bonchev–Trinajstić information content (AvgIpc) is 2.82. The lowest BCUT2D eigenvalue weighted by Crippen LogP contribution is -2.38. The van der Waals surface area contributed by atoms with Crippen molar-refractivity contribution in [1.29, 1.82) is 0 Å². The van der Waals surface area contributed by atoms with Crippen LogP contribution in [-0.2, 0) is 10.0 Å². The van der Waals surface area contributed by atoms with Crippen LogP contribution < -0.4 is 10.0 Å². The predicted molar refractivity (Wildman–Crippen MR) is 51.0 cm³/mol. The Morgan fingerprint density at radius 3 is 2.62 bits per heavy atom. The van der Waals surface area contributed by atoms with Gasteiger partial charge in [-0.05, 0) is 32.2 Å². The van der Waals surface area contributed by atoms with Crippen molar-refractivity contribution in [3.05, 3.63) is 0 Å². The predicted octanol–water partition coefficient (Wildman–Crippen LogP) is -0.180. The second-order valence-corrected chi connectivity index (χ2v) is 5.93. The Morgan fingerprint density at radius 1 is 1.31 bits per heavy atom. The molecule has 0 aromatic carbocycles. The molecule has 1 saturated heterocycles. The summed E-state index contributed by atoms with van der Waals surface area (Å²) in [5.74, 6) is 0. The van der Waals surface area contributed by atoms with E-state index in [4.69, 9.17) is 0 Å². The van der Waals surface area contributed by atoms with Crippen LogP contribution in [0.4, 0.5) is 0 Å². The SMILES string of the molecule is O=S(=O)(NCC1CCCN1)C1CC1. The van der Waals surface area contributed by atoms with E-state index in [1.54, 1.807) is 0 Å². The molecule has 2 fully saturated rings. The monoisotopic (exact) mass is 204 g/mol. The number of nitrogens with one attached hydrogen (secondary N) is 2. The van der Waals surface area contributed by atoms with Gasteiger partial charge in [-0.15, -0.1) is 0 Å². The van der Waals surface area contributed by atoms with Crippen LogP contribution in [0.1, 0.15) is 25.7 Å². The zero-order valence-corrected chi connectivity index (χ0v) is 8.44. The van der Waals surface area contributed by atoms with Gasteiger partial charge < -0.3 is 5.32 Å². The maximum atomic E-state index is 11.4. The summed E-state index contributed by atoms with van der Waals surface area (Å²) in [6, 6.07) is 0.355. The first-order valence-corrected chi connectivity index (χ1v) is 6.45. The molecule has 0 radical (unpaired) electrons. The average molecular weight is 204 g/mol. The zero-order chi connectivity index (χ0) is 9.31. The number of rotatable bonds is 4. The van der Waals surface area contributed by atoms with Crippen LogP contribution in [0.25, 0.3) is 0 Å². The van der Waals surface area contributed by atoms with Crippen molar-refractivity contribution < 1.29 is 8.42 Å². The molecule has 5 heteroatoms. The van der Waals surface area contributed by atoms with Gasteiger partial charge in [-0.2, -0.15) is 0 Å². The normalized spacial score (nSPS) is 29.4. The first-order valence-electron chi connectivity index (χ1n) is 4.90. The molecule has 0 bridgehead atoms. The molecule has 2 aliphatic rings. The van der Waals surface area contributed by atoms with E-state index in [-0.39, 0.29) is 5.25 Å². The van der Waals surface area contributed by atoms with Crippen LogP contribution in [0.2, 0.25) is 0 Å². The smallest absolute Gasteiger partial charge is 0.214 e. The minimum Gasteiger partial charge on any atom is -0.313 e. The Bertz CT molecular complexity index is 266. The molecule has 2 rings (SSSR count). The minimum atomic E-state index is -2.96. The molecule has 2 N–H and O–H groups in total. The van der Waals surface area contributed by atoms with Gasteiger partial charge in [0.1, 0.15) is 0 Å². The molecule has 1 heterocycles. The number of hydrogen-bond acceptors (Lipinski definition) is 3. The molecule has 0 amide bonds. The highest BCUT2D eigenvalue weighted by Gasteiger charge is 2.35. The molecule has 1 unspecified atom stereocenters. The van der Waals surface area contributed by atoms with Crippen molar-refractivity contribution in [1.82, 2.24) is 10.0 Å². The van der Waals surface area contributed by atoms with E-state index in [0.29, 0.717) is 12.6 Å². The molecule has 13 heavy (non-hydrogen) atoms. The summed E-state index contributed by atoms with van der Waals surface area (Å²) in [5.41, 5.74) is 0. The van der Waals surface area contributed by atoms with Gasteiger partial charge in [-0.3, -0.25) is 0 Å². The first-order chi connectivity index (χ1) is 6.18. The maximum absolute atomic E-state index is 11.4.